The van der Waals surface area contributed by atoms with Gasteiger partial charge in [0.05, 0.1) is 0 Å². The number of allylic oxidation sites excluding steroid dienone is 1. The Bertz CT molecular complexity index is 108. The first-order chi connectivity index (χ1) is 3.72. The van der Waals surface area contributed by atoms with Crippen LogP contribution in [-0.4, -0.2) is 12.1 Å². The molecule has 0 saturated carbocycles. The van der Waals surface area contributed by atoms with Crippen molar-refractivity contribution >= 4 is 12.1 Å². The van der Waals surface area contributed by atoms with Crippen molar-refractivity contribution in [1.29, 1.82) is 0 Å². The second-order valence-electron chi connectivity index (χ2n) is 1.44. The van der Waals surface area contributed by atoms with Gasteiger partial charge in [-0.1, -0.05) is 6.08 Å². The van der Waals surface area contributed by atoms with Crippen molar-refractivity contribution in [1.82, 2.24) is 0 Å². The predicted octanol–water partition coefficient (Wildman–Crippen LogP) is 0.487. The monoisotopic (exact) mass is 111 g/mol. The Labute approximate surface area is 48.2 Å². The Morgan fingerprint density at radius 2 is 2.38 bits per heavy atom. The normalized spacial score (nSPS) is 12.1. The minimum Gasteiger partial charge on any atom is -0.299 e. The molecule has 0 aliphatic carbocycles. The van der Waals surface area contributed by atoms with Crippen molar-refractivity contribution in [3.05, 3.63) is 12.7 Å². The molecule has 1 radical (unpaired) electrons. The van der Waals surface area contributed by atoms with E-state index in [1.807, 2.05) is 0 Å². The summed E-state index contributed by atoms with van der Waals surface area (Å²) in [5.41, 5.74) is 0. The number of hydrogen-bond donors (Lipinski definition) is 0. The first-order valence-corrected chi connectivity index (χ1v) is 2.23. The summed E-state index contributed by atoms with van der Waals surface area (Å²) < 4.78 is 0. The van der Waals surface area contributed by atoms with E-state index in [4.69, 9.17) is 0 Å². The van der Waals surface area contributed by atoms with Gasteiger partial charge in [0.2, 0.25) is 6.29 Å². The summed E-state index contributed by atoms with van der Waals surface area (Å²) in [7, 11) is 0. The molecule has 8 heavy (non-hydrogen) atoms. The zero-order chi connectivity index (χ0) is 6.57. The fraction of sp³-hybridized carbons (Fsp3) is 0.333. The summed E-state index contributed by atoms with van der Waals surface area (Å²) in [6, 6.07) is 0. The largest absolute Gasteiger partial charge is 0.299 e. The van der Waals surface area contributed by atoms with Crippen LogP contribution in [0.15, 0.2) is 12.7 Å². The maximum Gasteiger partial charge on any atom is 0.213 e. The molecule has 2 heteroatoms. The highest BCUT2D eigenvalue weighted by atomic mass is 16.1. The molecular weight excluding hydrogens is 104 g/mol. The molecule has 0 rings (SSSR count). The van der Waals surface area contributed by atoms with Gasteiger partial charge in [0.1, 0.15) is 11.7 Å². The van der Waals surface area contributed by atoms with Crippen molar-refractivity contribution in [3.8, 4) is 0 Å². The van der Waals surface area contributed by atoms with Crippen molar-refractivity contribution < 1.29 is 9.59 Å². The zero-order valence-electron chi connectivity index (χ0n) is 4.68. The van der Waals surface area contributed by atoms with E-state index >= 15 is 0 Å². The molecule has 2 nitrogen and oxygen atoms in total. The van der Waals surface area contributed by atoms with Crippen molar-refractivity contribution in [2.45, 2.75) is 6.92 Å². The third-order valence-corrected chi connectivity index (χ3v) is 0.801. The lowest BCUT2D eigenvalue weighted by molar-refractivity contribution is -0.117. The number of carbonyl (C=O) groups excluding carboxylic acids is 2. The highest BCUT2D eigenvalue weighted by Crippen LogP contribution is 1.92. The van der Waals surface area contributed by atoms with Crippen LogP contribution < -0.4 is 0 Å². The van der Waals surface area contributed by atoms with E-state index in [9.17, 15) is 9.59 Å². The molecule has 0 heterocycles. The van der Waals surface area contributed by atoms with Gasteiger partial charge in [-0.2, -0.15) is 0 Å². The SMILES string of the molecule is C=CC([C]=O)C(C)=O. The lowest BCUT2D eigenvalue weighted by Crippen LogP contribution is -2.07. The summed E-state index contributed by atoms with van der Waals surface area (Å²) in [6.07, 6.45) is 2.81. The van der Waals surface area contributed by atoms with E-state index < -0.39 is 5.92 Å². The summed E-state index contributed by atoms with van der Waals surface area (Å²) in [5, 5.41) is 0. The Morgan fingerprint density at radius 1 is 1.88 bits per heavy atom. The van der Waals surface area contributed by atoms with E-state index in [0.717, 1.165) is 0 Å². The summed E-state index contributed by atoms with van der Waals surface area (Å²) in [5.74, 6) is -0.940. The van der Waals surface area contributed by atoms with Crippen LogP contribution >= 0.6 is 0 Å². The van der Waals surface area contributed by atoms with Gasteiger partial charge in [-0.05, 0) is 6.92 Å². The maximum absolute atomic E-state index is 10.3. The molecule has 0 fully saturated rings. The Balaban J connectivity index is 3.88. The molecule has 0 saturated heterocycles. The third-order valence-electron chi connectivity index (χ3n) is 0.801. The minimum atomic E-state index is -0.727. The minimum absolute atomic E-state index is 0.213. The number of ketones is 1. The van der Waals surface area contributed by atoms with Crippen LogP contribution in [0.4, 0.5) is 0 Å². The highest BCUT2D eigenvalue weighted by molar-refractivity contribution is 5.93. The number of rotatable bonds is 3. The average Bonchev–Trinajstić information content (AvgIpc) is 1.69. The molecule has 43 valence electrons. The lowest BCUT2D eigenvalue weighted by atomic mass is 10.1. The van der Waals surface area contributed by atoms with Gasteiger partial charge in [0.15, 0.2) is 0 Å². The smallest absolute Gasteiger partial charge is 0.213 e. The van der Waals surface area contributed by atoms with Crippen LogP contribution in [0.1, 0.15) is 6.92 Å². The second kappa shape index (κ2) is 3.13. The Hall–Kier alpha value is -0.920. The molecule has 0 N–H and O–H groups in total. The van der Waals surface area contributed by atoms with Crippen molar-refractivity contribution in [3.63, 3.8) is 0 Å². The van der Waals surface area contributed by atoms with Gasteiger partial charge in [-0.15, -0.1) is 6.58 Å². The Morgan fingerprint density at radius 3 is 2.38 bits per heavy atom. The predicted molar refractivity (Wildman–Crippen MR) is 30.1 cm³/mol. The van der Waals surface area contributed by atoms with Crippen LogP contribution in [0.25, 0.3) is 0 Å². The zero-order valence-corrected chi connectivity index (χ0v) is 4.68. The number of hydrogen-bond acceptors (Lipinski definition) is 2. The maximum atomic E-state index is 10.3. The molecule has 0 spiro atoms. The van der Waals surface area contributed by atoms with E-state index in [2.05, 4.69) is 6.58 Å². The van der Waals surface area contributed by atoms with Gasteiger partial charge in [0.25, 0.3) is 0 Å². The summed E-state index contributed by atoms with van der Waals surface area (Å²) >= 11 is 0. The van der Waals surface area contributed by atoms with Gasteiger partial charge >= 0.3 is 0 Å². The number of Topliss-reactive ketones (excluding diaryl/α,β-unsaturated/α-hetero) is 1. The topological polar surface area (TPSA) is 34.1 Å². The van der Waals surface area contributed by atoms with Crippen molar-refractivity contribution in [2.75, 3.05) is 0 Å². The molecule has 1 atom stereocenters. The molecule has 1 unspecified atom stereocenters. The average molecular weight is 111 g/mol. The van der Waals surface area contributed by atoms with Gasteiger partial charge in [-0.25, -0.2) is 0 Å². The molecule has 0 aliphatic heterocycles. The highest BCUT2D eigenvalue weighted by Gasteiger charge is 2.06. The first kappa shape index (κ1) is 7.08. The molecule has 0 aromatic heterocycles. The lowest BCUT2D eigenvalue weighted by Gasteiger charge is -1.91. The molecular formula is C6H7O2. The van der Waals surface area contributed by atoms with Crippen LogP contribution in [0.2, 0.25) is 0 Å². The first-order valence-electron chi connectivity index (χ1n) is 2.23. The molecule has 0 aromatic carbocycles. The van der Waals surface area contributed by atoms with E-state index in [-0.39, 0.29) is 5.78 Å². The van der Waals surface area contributed by atoms with Crippen molar-refractivity contribution in [2.24, 2.45) is 5.92 Å². The molecule has 0 aliphatic rings. The van der Waals surface area contributed by atoms with Gasteiger partial charge in [-0.3, -0.25) is 9.59 Å². The van der Waals surface area contributed by atoms with Crippen LogP contribution in [0.5, 0.6) is 0 Å². The summed E-state index contributed by atoms with van der Waals surface area (Å²) in [4.78, 5) is 20.0. The van der Waals surface area contributed by atoms with E-state index in [1.54, 1.807) is 0 Å². The fourth-order valence-corrected chi connectivity index (χ4v) is 0.297. The van der Waals surface area contributed by atoms with Gasteiger partial charge in [0, 0.05) is 0 Å². The van der Waals surface area contributed by atoms with Crippen LogP contribution in [-0.2, 0) is 9.59 Å². The van der Waals surface area contributed by atoms with Crippen LogP contribution in [0, 0.1) is 5.92 Å². The molecule has 0 aromatic rings. The van der Waals surface area contributed by atoms with Crippen LogP contribution in [0.3, 0.4) is 0 Å². The Kier molecular flexibility index (Phi) is 2.77. The fourth-order valence-electron chi connectivity index (χ4n) is 0.297. The number of carbonyl (C=O) groups is 1. The van der Waals surface area contributed by atoms with E-state index in [1.165, 1.54) is 19.3 Å². The quantitative estimate of drug-likeness (QED) is 0.392. The standard InChI is InChI=1S/C6H7O2/c1-3-6(4-7)5(2)8/h3,6H,1H2,2H3. The summed E-state index contributed by atoms with van der Waals surface area (Å²) in [6.45, 7) is 4.60. The third kappa shape index (κ3) is 1.69. The second-order valence-corrected chi connectivity index (χ2v) is 1.44. The molecule has 0 bridgehead atoms. The van der Waals surface area contributed by atoms with E-state index in [0.29, 0.717) is 0 Å². The molecule has 0 amide bonds. The van der Waals surface area contributed by atoms with Gasteiger partial charge < -0.3 is 0 Å².